The molecule has 0 radical (unpaired) electrons. The number of aryl methyl sites for hydroxylation is 2. The van der Waals surface area contributed by atoms with E-state index in [1.807, 2.05) is 52.2 Å². The minimum absolute atomic E-state index is 0.0858. The minimum atomic E-state index is -0.0858. The molecule has 0 atom stereocenters. The van der Waals surface area contributed by atoms with E-state index in [-0.39, 0.29) is 5.91 Å². The molecule has 0 saturated heterocycles. The van der Waals surface area contributed by atoms with Gasteiger partial charge in [0, 0.05) is 19.6 Å². The number of likely N-dealkylation sites (N-methyl/N-ethyl adjacent to an activating group) is 1. The molecule has 27 heavy (non-hydrogen) atoms. The summed E-state index contributed by atoms with van der Waals surface area (Å²) in [7, 11) is 5.61. The third-order valence-electron chi connectivity index (χ3n) is 4.26. The highest BCUT2D eigenvalue weighted by Gasteiger charge is 2.25. The van der Waals surface area contributed by atoms with Crippen LogP contribution in [0.4, 0.5) is 5.13 Å². The Bertz CT molecular complexity index is 947. The molecule has 144 valence electrons. The van der Waals surface area contributed by atoms with Gasteiger partial charge in [0.05, 0.1) is 17.5 Å². The second-order valence-corrected chi connectivity index (χ2v) is 7.56. The van der Waals surface area contributed by atoms with Crippen molar-refractivity contribution >= 4 is 32.6 Å². The van der Waals surface area contributed by atoms with Crippen molar-refractivity contribution in [3.8, 4) is 5.75 Å². The minimum Gasteiger partial charge on any atom is -0.494 e. The molecule has 0 aliphatic heterocycles. The maximum atomic E-state index is 13.4. The Labute approximate surface area is 163 Å². The molecule has 1 amide bonds. The van der Waals surface area contributed by atoms with Gasteiger partial charge in [-0.05, 0) is 46.1 Å². The number of para-hydroxylation sites is 1. The maximum absolute atomic E-state index is 13.4. The van der Waals surface area contributed by atoms with E-state index in [0.717, 1.165) is 22.5 Å². The van der Waals surface area contributed by atoms with Crippen LogP contribution < -0.4 is 9.64 Å². The van der Waals surface area contributed by atoms with Crippen molar-refractivity contribution in [1.82, 2.24) is 19.7 Å². The van der Waals surface area contributed by atoms with Crippen LogP contribution in [0.25, 0.3) is 10.2 Å². The molecule has 0 saturated carbocycles. The second kappa shape index (κ2) is 8.06. The Kier molecular flexibility index (Phi) is 5.76. The van der Waals surface area contributed by atoms with Crippen molar-refractivity contribution in [2.75, 3.05) is 39.2 Å². The topological polar surface area (TPSA) is 63.5 Å². The number of benzene rings is 1. The summed E-state index contributed by atoms with van der Waals surface area (Å²) in [6.45, 7) is 5.80. The fraction of sp³-hybridized carbons (Fsp3) is 0.421. The first-order valence-electron chi connectivity index (χ1n) is 8.89. The van der Waals surface area contributed by atoms with E-state index in [1.54, 1.807) is 16.7 Å². The predicted molar refractivity (Wildman–Crippen MR) is 109 cm³/mol. The average molecular weight is 388 g/mol. The van der Waals surface area contributed by atoms with Gasteiger partial charge in [-0.25, -0.2) is 4.98 Å². The fourth-order valence-electron chi connectivity index (χ4n) is 2.87. The summed E-state index contributed by atoms with van der Waals surface area (Å²) in [6, 6.07) is 7.65. The molecule has 1 aromatic carbocycles. The SMILES string of the molecule is CCn1nc(C)cc1C(=O)N(CCN(C)C)c1nc2c(OC)cccc2s1. The lowest BCUT2D eigenvalue weighted by molar-refractivity contribution is 0.0975. The van der Waals surface area contributed by atoms with Crippen LogP contribution in [0.2, 0.25) is 0 Å². The Balaban J connectivity index is 2.04. The summed E-state index contributed by atoms with van der Waals surface area (Å²) >= 11 is 1.50. The van der Waals surface area contributed by atoms with Crippen molar-refractivity contribution in [1.29, 1.82) is 0 Å². The van der Waals surface area contributed by atoms with Crippen LogP contribution in [0.15, 0.2) is 24.3 Å². The molecular formula is C19H25N5O2S. The largest absolute Gasteiger partial charge is 0.494 e. The van der Waals surface area contributed by atoms with Crippen LogP contribution in [-0.4, -0.2) is 59.9 Å². The van der Waals surface area contributed by atoms with Gasteiger partial charge in [0.25, 0.3) is 5.91 Å². The third kappa shape index (κ3) is 3.96. The zero-order valence-electron chi connectivity index (χ0n) is 16.4. The van der Waals surface area contributed by atoms with Crippen LogP contribution >= 0.6 is 11.3 Å². The number of nitrogens with zero attached hydrogens (tertiary/aromatic N) is 5. The average Bonchev–Trinajstić information content (AvgIpc) is 3.24. The Morgan fingerprint density at radius 2 is 2.07 bits per heavy atom. The molecule has 7 nitrogen and oxygen atoms in total. The summed E-state index contributed by atoms with van der Waals surface area (Å²) < 4.78 is 8.16. The number of aromatic nitrogens is 3. The maximum Gasteiger partial charge on any atom is 0.278 e. The van der Waals surface area contributed by atoms with E-state index < -0.39 is 0 Å². The molecule has 0 fully saturated rings. The summed E-state index contributed by atoms with van der Waals surface area (Å²) in [5, 5.41) is 5.08. The number of thiazole rings is 1. The van der Waals surface area contributed by atoms with Gasteiger partial charge in [0.15, 0.2) is 5.13 Å². The number of hydrogen-bond acceptors (Lipinski definition) is 6. The molecule has 0 N–H and O–H groups in total. The van der Waals surface area contributed by atoms with Crippen LogP contribution in [0, 0.1) is 6.92 Å². The lowest BCUT2D eigenvalue weighted by atomic mass is 10.3. The molecule has 0 spiro atoms. The molecule has 3 rings (SSSR count). The first-order chi connectivity index (χ1) is 12.9. The first kappa shape index (κ1) is 19.3. The van der Waals surface area contributed by atoms with Crippen molar-refractivity contribution in [3.63, 3.8) is 0 Å². The normalized spacial score (nSPS) is 11.3. The number of amides is 1. The zero-order chi connectivity index (χ0) is 19.6. The monoisotopic (exact) mass is 387 g/mol. The lowest BCUT2D eigenvalue weighted by Crippen LogP contribution is -2.37. The number of methoxy groups -OCH3 is 1. The van der Waals surface area contributed by atoms with Crippen LogP contribution in [0.3, 0.4) is 0 Å². The molecule has 0 bridgehead atoms. The highest BCUT2D eigenvalue weighted by Crippen LogP contribution is 2.34. The number of carbonyl (C=O) groups is 1. The second-order valence-electron chi connectivity index (χ2n) is 6.55. The third-order valence-corrected chi connectivity index (χ3v) is 5.30. The van der Waals surface area contributed by atoms with Crippen molar-refractivity contribution < 1.29 is 9.53 Å². The van der Waals surface area contributed by atoms with Gasteiger partial charge in [0.2, 0.25) is 0 Å². The highest BCUT2D eigenvalue weighted by atomic mass is 32.1. The standard InChI is InChI=1S/C19H25N5O2S/c1-6-24-14(12-13(2)21-24)18(25)23(11-10-22(3)4)19-20-17-15(26-5)8-7-9-16(17)27-19/h7-9,12H,6,10-11H2,1-5H3. The van der Waals surface area contributed by atoms with Crippen LogP contribution in [0.1, 0.15) is 23.1 Å². The molecule has 8 heteroatoms. The molecule has 2 aromatic heterocycles. The summed E-state index contributed by atoms with van der Waals surface area (Å²) in [4.78, 5) is 21.9. The van der Waals surface area contributed by atoms with Gasteiger partial charge in [0.1, 0.15) is 17.0 Å². The fourth-order valence-corrected chi connectivity index (χ4v) is 3.88. The molecular weight excluding hydrogens is 362 g/mol. The Morgan fingerprint density at radius 3 is 2.74 bits per heavy atom. The van der Waals surface area contributed by atoms with E-state index in [4.69, 9.17) is 9.72 Å². The van der Waals surface area contributed by atoms with Gasteiger partial charge >= 0.3 is 0 Å². The van der Waals surface area contributed by atoms with E-state index in [2.05, 4.69) is 10.00 Å². The predicted octanol–water partition coefficient (Wildman–Crippen LogP) is 3.04. The Morgan fingerprint density at radius 1 is 1.30 bits per heavy atom. The van der Waals surface area contributed by atoms with Crippen LogP contribution in [-0.2, 0) is 6.54 Å². The molecule has 3 aromatic rings. The summed E-state index contributed by atoms with van der Waals surface area (Å²) in [5.74, 6) is 0.627. The molecule has 0 aliphatic rings. The van der Waals surface area contributed by atoms with E-state index >= 15 is 0 Å². The van der Waals surface area contributed by atoms with E-state index in [0.29, 0.717) is 29.7 Å². The zero-order valence-corrected chi connectivity index (χ0v) is 17.2. The lowest BCUT2D eigenvalue weighted by Gasteiger charge is -2.22. The first-order valence-corrected chi connectivity index (χ1v) is 9.70. The number of carbonyl (C=O) groups excluding carboxylic acids is 1. The quantitative estimate of drug-likeness (QED) is 0.623. The number of rotatable bonds is 7. The van der Waals surface area contributed by atoms with E-state index in [1.165, 1.54) is 11.3 Å². The molecule has 0 unspecified atom stereocenters. The van der Waals surface area contributed by atoms with Gasteiger partial charge in [-0.3, -0.25) is 14.4 Å². The Hall–Kier alpha value is -2.45. The van der Waals surface area contributed by atoms with Gasteiger partial charge in [-0.15, -0.1) is 0 Å². The van der Waals surface area contributed by atoms with Crippen molar-refractivity contribution in [2.24, 2.45) is 0 Å². The van der Waals surface area contributed by atoms with Crippen molar-refractivity contribution in [3.05, 3.63) is 35.7 Å². The number of anilines is 1. The summed E-state index contributed by atoms with van der Waals surface area (Å²) in [6.07, 6.45) is 0. The van der Waals surface area contributed by atoms with Gasteiger partial charge in [-0.1, -0.05) is 17.4 Å². The number of hydrogen-bond donors (Lipinski definition) is 0. The van der Waals surface area contributed by atoms with Crippen molar-refractivity contribution in [2.45, 2.75) is 20.4 Å². The van der Waals surface area contributed by atoms with Crippen LogP contribution in [0.5, 0.6) is 5.75 Å². The number of fused-ring (bicyclic) bond motifs is 1. The number of ether oxygens (including phenoxy) is 1. The molecule has 2 heterocycles. The van der Waals surface area contributed by atoms with Gasteiger partial charge in [-0.2, -0.15) is 5.10 Å². The smallest absolute Gasteiger partial charge is 0.278 e. The molecule has 0 aliphatic carbocycles. The summed E-state index contributed by atoms with van der Waals surface area (Å²) in [5.41, 5.74) is 2.20. The van der Waals surface area contributed by atoms with E-state index in [9.17, 15) is 4.79 Å². The van der Waals surface area contributed by atoms with Gasteiger partial charge < -0.3 is 9.64 Å². The highest BCUT2D eigenvalue weighted by molar-refractivity contribution is 7.22.